The third kappa shape index (κ3) is 3.83. The molecule has 8 heteroatoms. The monoisotopic (exact) mass is 395 g/mol. The molecule has 4 rings (SSSR count). The molecule has 0 radical (unpaired) electrons. The second kappa shape index (κ2) is 7.95. The summed E-state index contributed by atoms with van der Waals surface area (Å²) in [4.78, 5) is 25.3. The molecule has 1 aliphatic heterocycles. The van der Waals surface area contributed by atoms with E-state index in [1.165, 1.54) is 16.2 Å². The van der Waals surface area contributed by atoms with Gasteiger partial charge in [0.05, 0.1) is 24.1 Å². The van der Waals surface area contributed by atoms with Crippen LogP contribution in [0.1, 0.15) is 20.9 Å². The van der Waals surface area contributed by atoms with Crippen molar-refractivity contribution in [3.05, 3.63) is 58.7 Å². The first-order valence-electron chi connectivity index (χ1n) is 8.97. The molecule has 0 saturated carbocycles. The van der Waals surface area contributed by atoms with Gasteiger partial charge in [0.1, 0.15) is 11.6 Å². The van der Waals surface area contributed by atoms with Gasteiger partial charge in [-0.2, -0.15) is 0 Å². The zero-order valence-corrected chi connectivity index (χ0v) is 16.5. The van der Waals surface area contributed by atoms with E-state index in [0.717, 1.165) is 30.9 Å². The van der Waals surface area contributed by atoms with Gasteiger partial charge in [0.15, 0.2) is 5.13 Å². The summed E-state index contributed by atoms with van der Waals surface area (Å²) in [5.41, 5.74) is 2.26. The number of thiazole rings is 1. The third-order valence-corrected chi connectivity index (χ3v) is 5.55. The van der Waals surface area contributed by atoms with Crippen molar-refractivity contribution in [1.82, 2.24) is 14.9 Å². The predicted octanol–water partition coefficient (Wildman–Crippen LogP) is 3.53. The number of amides is 1. The van der Waals surface area contributed by atoms with Crippen LogP contribution in [0.5, 0.6) is 5.75 Å². The van der Waals surface area contributed by atoms with Crippen LogP contribution in [0.3, 0.4) is 0 Å². The molecule has 0 atom stereocenters. The Morgan fingerprint density at radius 3 is 2.96 bits per heavy atom. The lowest BCUT2D eigenvalue weighted by atomic mass is 10.2. The van der Waals surface area contributed by atoms with Gasteiger partial charge in [0.2, 0.25) is 0 Å². The van der Waals surface area contributed by atoms with E-state index in [-0.39, 0.29) is 5.91 Å². The van der Waals surface area contributed by atoms with Crippen LogP contribution in [0.4, 0.5) is 16.6 Å². The fraction of sp³-hybridized carbons (Fsp3) is 0.250. The molecule has 28 heavy (non-hydrogen) atoms. The number of nitrogens with one attached hydrogen (secondary N) is 2. The minimum Gasteiger partial charge on any atom is -0.495 e. The van der Waals surface area contributed by atoms with E-state index in [1.54, 1.807) is 25.4 Å². The number of ether oxygens (including phenoxy) is 1. The highest BCUT2D eigenvalue weighted by Gasteiger charge is 2.20. The molecule has 1 aromatic carbocycles. The topological polar surface area (TPSA) is 79.4 Å². The molecule has 2 N–H and O–H groups in total. The minimum absolute atomic E-state index is 0.245. The number of fused-ring (bicyclic) bond motifs is 1. The molecule has 7 nitrogen and oxygen atoms in total. The van der Waals surface area contributed by atoms with Gasteiger partial charge in [-0.3, -0.25) is 10.1 Å². The number of para-hydroxylation sites is 2. The highest BCUT2D eigenvalue weighted by Crippen LogP contribution is 2.30. The molecule has 0 spiro atoms. The summed E-state index contributed by atoms with van der Waals surface area (Å²) in [6.07, 6.45) is 2.55. The van der Waals surface area contributed by atoms with Crippen LogP contribution in [0.15, 0.2) is 42.6 Å². The van der Waals surface area contributed by atoms with E-state index in [9.17, 15) is 4.79 Å². The quantitative estimate of drug-likeness (QED) is 0.688. The van der Waals surface area contributed by atoms with Gasteiger partial charge in [-0.05, 0) is 31.3 Å². The van der Waals surface area contributed by atoms with Crippen molar-refractivity contribution in [2.45, 2.75) is 13.0 Å². The summed E-state index contributed by atoms with van der Waals surface area (Å²) in [6, 6.07) is 11.0. The average molecular weight is 395 g/mol. The molecule has 144 valence electrons. The second-order valence-electron chi connectivity index (χ2n) is 6.56. The zero-order chi connectivity index (χ0) is 19.5. The van der Waals surface area contributed by atoms with Crippen molar-refractivity contribution in [2.75, 3.05) is 31.3 Å². The number of likely N-dealkylation sites (N-methyl/N-ethyl adjacent to an activating group) is 1. The maximum atomic E-state index is 12.9. The maximum absolute atomic E-state index is 12.9. The van der Waals surface area contributed by atoms with Crippen molar-refractivity contribution in [3.63, 3.8) is 0 Å². The lowest BCUT2D eigenvalue weighted by molar-refractivity contribution is 0.102. The molecule has 0 saturated heterocycles. The Morgan fingerprint density at radius 2 is 2.11 bits per heavy atom. The molecule has 2 aromatic heterocycles. The second-order valence-corrected chi connectivity index (χ2v) is 7.64. The lowest BCUT2D eigenvalue weighted by Crippen LogP contribution is -2.25. The number of nitrogens with zero attached hydrogens (tertiary/aromatic N) is 3. The Kier molecular flexibility index (Phi) is 5.23. The summed E-state index contributed by atoms with van der Waals surface area (Å²) < 4.78 is 5.37. The number of carbonyl (C=O) groups is 1. The van der Waals surface area contributed by atoms with E-state index in [4.69, 9.17) is 4.74 Å². The molecule has 0 aliphatic carbocycles. The van der Waals surface area contributed by atoms with Crippen LogP contribution in [0, 0.1) is 0 Å². The zero-order valence-electron chi connectivity index (χ0n) is 15.7. The largest absolute Gasteiger partial charge is 0.495 e. The minimum atomic E-state index is -0.245. The summed E-state index contributed by atoms with van der Waals surface area (Å²) in [5, 5.41) is 6.74. The molecule has 3 heterocycles. The number of hydrogen-bond acceptors (Lipinski definition) is 7. The van der Waals surface area contributed by atoms with E-state index < -0.39 is 0 Å². The van der Waals surface area contributed by atoms with Crippen molar-refractivity contribution in [3.8, 4) is 5.75 Å². The Bertz CT molecular complexity index is 1000. The molecule has 1 aliphatic rings. The summed E-state index contributed by atoms with van der Waals surface area (Å²) >= 11 is 1.53. The number of pyridine rings is 1. The summed E-state index contributed by atoms with van der Waals surface area (Å²) in [5.74, 6) is 0.895. The number of benzene rings is 1. The third-order valence-electron chi connectivity index (χ3n) is 4.55. The first-order valence-corrected chi connectivity index (χ1v) is 9.79. The number of carbonyl (C=O) groups excluding carboxylic acids is 1. The number of rotatable bonds is 5. The van der Waals surface area contributed by atoms with E-state index >= 15 is 0 Å². The van der Waals surface area contributed by atoms with Crippen molar-refractivity contribution in [2.24, 2.45) is 0 Å². The van der Waals surface area contributed by atoms with Gasteiger partial charge in [-0.1, -0.05) is 12.1 Å². The Labute approximate surface area is 167 Å². The van der Waals surface area contributed by atoms with Crippen LogP contribution in [0.25, 0.3) is 0 Å². The molecule has 3 aromatic rings. The molecule has 0 bridgehead atoms. The Balaban J connectivity index is 1.55. The van der Waals surface area contributed by atoms with E-state index in [2.05, 4.69) is 32.5 Å². The number of anilines is 3. The van der Waals surface area contributed by atoms with Crippen LogP contribution in [-0.2, 0) is 13.0 Å². The van der Waals surface area contributed by atoms with Crippen LogP contribution >= 0.6 is 11.3 Å². The highest BCUT2D eigenvalue weighted by molar-refractivity contribution is 7.15. The fourth-order valence-electron chi connectivity index (χ4n) is 3.10. The normalized spacial score (nSPS) is 13.6. The molecule has 0 fully saturated rings. The van der Waals surface area contributed by atoms with Gasteiger partial charge in [0.25, 0.3) is 5.91 Å². The van der Waals surface area contributed by atoms with Crippen LogP contribution < -0.4 is 15.4 Å². The maximum Gasteiger partial charge on any atom is 0.261 e. The van der Waals surface area contributed by atoms with Crippen molar-refractivity contribution in [1.29, 1.82) is 0 Å². The summed E-state index contributed by atoms with van der Waals surface area (Å²) in [6.45, 7) is 1.86. The van der Waals surface area contributed by atoms with Crippen molar-refractivity contribution < 1.29 is 9.53 Å². The van der Waals surface area contributed by atoms with Crippen LogP contribution in [0.2, 0.25) is 0 Å². The smallest absolute Gasteiger partial charge is 0.261 e. The Morgan fingerprint density at radius 1 is 1.25 bits per heavy atom. The first kappa shape index (κ1) is 18.4. The van der Waals surface area contributed by atoms with E-state index in [0.29, 0.717) is 22.3 Å². The van der Waals surface area contributed by atoms with Gasteiger partial charge >= 0.3 is 0 Å². The fourth-order valence-corrected chi connectivity index (χ4v) is 4.19. The first-order chi connectivity index (χ1) is 13.6. The molecule has 0 unspecified atom stereocenters. The molecule has 1 amide bonds. The number of methoxy groups -OCH3 is 1. The molecular weight excluding hydrogens is 374 g/mol. The van der Waals surface area contributed by atoms with Gasteiger partial charge in [-0.25, -0.2) is 9.97 Å². The van der Waals surface area contributed by atoms with E-state index in [1.807, 2.05) is 24.3 Å². The van der Waals surface area contributed by atoms with Crippen LogP contribution in [-0.4, -0.2) is 41.5 Å². The van der Waals surface area contributed by atoms with Gasteiger partial charge in [-0.15, -0.1) is 11.3 Å². The predicted molar refractivity (Wildman–Crippen MR) is 111 cm³/mol. The number of aromatic nitrogens is 2. The number of hydrogen-bond donors (Lipinski definition) is 2. The summed E-state index contributed by atoms with van der Waals surface area (Å²) in [7, 11) is 3.70. The lowest BCUT2D eigenvalue weighted by Gasteiger charge is -2.20. The average Bonchev–Trinajstić information content (AvgIpc) is 3.10. The standard InChI is InChI=1S/C20H21N5O2S/c1-25-11-9-15-17(12-25)28-20(23-15)24-19(26)13-6-5-10-21-18(13)22-14-7-3-4-8-16(14)27-2/h3-8,10H,9,11-12H2,1-2H3,(H,21,22)(H,23,24,26). The SMILES string of the molecule is COc1ccccc1Nc1ncccc1C(=O)Nc1nc2c(s1)CN(C)CC2. The molecular formula is C20H21N5O2S. The van der Waals surface area contributed by atoms with Crippen molar-refractivity contribution >= 4 is 33.9 Å². The van der Waals surface area contributed by atoms with Gasteiger partial charge < -0.3 is 15.0 Å². The highest BCUT2D eigenvalue weighted by atomic mass is 32.1. The van der Waals surface area contributed by atoms with Gasteiger partial charge in [0, 0.05) is 30.6 Å². The Hall–Kier alpha value is -2.97.